The van der Waals surface area contributed by atoms with Gasteiger partial charge in [-0.25, -0.2) is 0 Å². The second-order valence-corrected chi connectivity index (χ2v) is 5.50. The van der Waals surface area contributed by atoms with Crippen LogP contribution in [0.4, 0.5) is 5.69 Å². The number of nitrogens with zero attached hydrogens (tertiary/aromatic N) is 3. The molecule has 4 nitrogen and oxygen atoms in total. The Morgan fingerprint density at radius 1 is 1.21 bits per heavy atom. The van der Waals surface area contributed by atoms with Gasteiger partial charge in [0, 0.05) is 11.6 Å². The first-order valence-electron chi connectivity index (χ1n) is 6.70. The van der Waals surface area contributed by atoms with Gasteiger partial charge in [-0.1, -0.05) is 30.9 Å². The highest BCUT2D eigenvalue weighted by atomic mass is 35.5. The summed E-state index contributed by atoms with van der Waals surface area (Å²) in [6.07, 6.45) is 8.13. The maximum Gasteiger partial charge on any atom is 0.164 e. The molecule has 0 saturated heterocycles. The van der Waals surface area contributed by atoms with Crippen molar-refractivity contribution >= 4 is 17.3 Å². The fraction of sp³-hybridized carbons (Fsp3) is 0.429. The molecule has 100 valence electrons. The molecule has 2 aromatic rings. The highest BCUT2D eigenvalue weighted by molar-refractivity contribution is 6.33. The van der Waals surface area contributed by atoms with E-state index in [-0.39, 0.29) is 0 Å². The second-order valence-electron chi connectivity index (χ2n) is 5.09. The van der Waals surface area contributed by atoms with Gasteiger partial charge in [0.25, 0.3) is 0 Å². The van der Waals surface area contributed by atoms with E-state index in [2.05, 4.69) is 14.8 Å². The molecule has 1 aliphatic carbocycles. The summed E-state index contributed by atoms with van der Waals surface area (Å²) in [5.74, 6) is 0.883. The van der Waals surface area contributed by atoms with E-state index in [0.29, 0.717) is 16.8 Å². The number of halogens is 1. The minimum absolute atomic E-state index is 0.509. The van der Waals surface area contributed by atoms with Crippen LogP contribution in [-0.4, -0.2) is 14.8 Å². The Balaban J connectivity index is 1.96. The Kier molecular flexibility index (Phi) is 3.42. The number of aromatic nitrogens is 3. The van der Waals surface area contributed by atoms with Crippen LogP contribution in [0, 0.1) is 0 Å². The average molecular weight is 277 g/mol. The van der Waals surface area contributed by atoms with Gasteiger partial charge in [-0.2, -0.15) is 0 Å². The van der Waals surface area contributed by atoms with Gasteiger partial charge in [0.2, 0.25) is 0 Å². The number of hydrogen-bond donors (Lipinski definition) is 1. The van der Waals surface area contributed by atoms with Crippen LogP contribution in [0.2, 0.25) is 5.02 Å². The van der Waals surface area contributed by atoms with Crippen LogP contribution in [0.3, 0.4) is 0 Å². The van der Waals surface area contributed by atoms with Gasteiger partial charge in [0.05, 0.1) is 10.7 Å². The molecule has 0 spiro atoms. The van der Waals surface area contributed by atoms with Gasteiger partial charge >= 0.3 is 0 Å². The minimum atomic E-state index is 0.509. The molecule has 0 atom stereocenters. The lowest BCUT2D eigenvalue weighted by Crippen LogP contribution is -2.13. The maximum atomic E-state index is 6.09. The monoisotopic (exact) mass is 276 g/mol. The molecule has 1 aromatic heterocycles. The fourth-order valence-corrected chi connectivity index (χ4v) is 2.92. The number of anilines is 1. The molecule has 0 aliphatic heterocycles. The van der Waals surface area contributed by atoms with E-state index < -0.39 is 0 Å². The molecule has 2 N–H and O–H groups in total. The summed E-state index contributed by atoms with van der Waals surface area (Å²) in [7, 11) is 0. The average Bonchev–Trinajstić information content (AvgIpc) is 2.92. The van der Waals surface area contributed by atoms with E-state index in [0.717, 1.165) is 11.4 Å². The highest BCUT2D eigenvalue weighted by Crippen LogP contribution is 2.32. The van der Waals surface area contributed by atoms with E-state index in [4.69, 9.17) is 17.3 Å². The van der Waals surface area contributed by atoms with Crippen molar-refractivity contribution in [2.45, 2.75) is 38.1 Å². The van der Waals surface area contributed by atoms with Crippen molar-refractivity contribution < 1.29 is 0 Å². The molecule has 1 fully saturated rings. The van der Waals surface area contributed by atoms with Crippen molar-refractivity contribution in [3.8, 4) is 11.4 Å². The predicted molar refractivity (Wildman–Crippen MR) is 77.0 cm³/mol. The van der Waals surface area contributed by atoms with Crippen molar-refractivity contribution in [1.82, 2.24) is 14.8 Å². The molecule has 1 saturated carbocycles. The summed E-state index contributed by atoms with van der Waals surface area (Å²) in [4.78, 5) is 0. The molecule has 0 amide bonds. The molecule has 1 aromatic carbocycles. The molecule has 0 bridgehead atoms. The molecule has 1 aliphatic rings. The maximum absolute atomic E-state index is 6.09. The zero-order valence-electron chi connectivity index (χ0n) is 10.7. The Morgan fingerprint density at radius 3 is 2.74 bits per heavy atom. The Hall–Kier alpha value is -1.55. The molecule has 3 rings (SSSR count). The lowest BCUT2D eigenvalue weighted by Gasteiger charge is -2.24. The van der Waals surface area contributed by atoms with Crippen molar-refractivity contribution in [2.24, 2.45) is 0 Å². The predicted octanol–water partition coefficient (Wildman–Crippen LogP) is 3.69. The lowest BCUT2D eigenvalue weighted by atomic mass is 9.95. The largest absolute Gasteiger partial charge is 0.398 e. The first-order valence-corrected chi connectivity index (χ1v) is 7.08. The van der Waals surface area contributed by atoms with E-state index in [1.165, 1.54) is 32.1 Å². The van der Waals surface area contributed by atoms with Crippen LogP contribution < -0.4 is 5.73 Å². The number of nitrogens with two attached hydrogens (primary N) is 1. The minimum Gasteiger partial charge on any atom is -0.398 e. The van der Waals surface area contributed by atoms with Crippen LogP contribution in [0.25, 0.3) is 11.4 Å². The second kappa shape index (κ2) is 5.21. The summed E-state index contributed by atoms with van der Waals surface area (Å²) >= 11 is 6.09. The molecular weight excluding hydrogens is 260 g/mol. The van der Waals surface area contributed by atoms with E-state index >= 15 is 0 Å². The SMILES string of the molecule is Nc1ccc(-c2nncn2C2CCCCC2)cc1Cl. The summed E-state index contributed by atoms with van der Waals surface area (Å²) in [5, 5.41) is 8.88. The summed E-state index contributed by atoms with van der Waals surface area (Å²) in [6.45, 7) is 0. The highest BCUT2D eigenvalue weighted by Gasteiger charge is 2.19. The molecule has 0 radical (unpaired) electrons. The quantitative estimate of drug-likeness (QED) is 0.851. The number of benzene rings is 1. The third kappa shape index (κ3) is 2.45. The Labute approximate surface area is 117 Å². The molecule has 1 heterocycles. The van der Waals surface area contributed by atoms with Gasteiger partial charge < -0.3 is 10.3 Å². The standard InChI is InChI=1S/C14H17ClN4/c15-12-8-10(6-7-13(12)16)14-18-17-9-19(14)11-4-2-1-3-5-11/h6-9,11H,1-5,16H2. The Bertz CT molecular complexity index is 573. The zero-order valence-corrected chi connectivity index (χ0v) is 11.5. The fourth-order valence-electron chi connectivity index (χ4n) is 2.74. The first-order chi connectivity index (χ1) is 9.25. The third-order valence-corrected chi connectivity index (χ3v) is 4.13. The molecule has 0 unspecified atom stereocenters. The summed E-state index contributed by atoms with van der Waals surface area (Å²) in [6, 6.07) is 6.14. The third-order valence-electron chi connectivity index (χ3n) is 3.80. The van der Waals surface area contributed by atoms with Crippen molar-refractivity contribution in [3.63, 3.8) is 0 Å². The van der Waals surface area contributed by atoms with E-state index in [1.807, 2.05) is 24.5 Å². The van der Waals surface area contributed by atoms with Gasteiger partial charge in [-0.15, -0.1) is 10.2 Å². The number of hydrogen-bond acceptors (Lipinski definition) is 3. The van der Waals surface area contributed by atoms with E-state index in [9.17, 15) is 0 Å². The first kappa shape index (κ1) is 12.5. The van der Waals surface area contributed by atoms with Crippen LogP contribution >= 0.6 is 11.6 Å². The number of rotatable bonds is 2. The molecule has 19 heavy (non-hydrogen) atoms. The smallest absolute Gasteiger partial charge is 0.164 e. The van der Waals surface area contributed by atoms with Crippen molar-refractivity contribution in [2.75, 3.05) is 5.73 Å². The summed E-state index contributed by atoms with van der Waals surface area (Å²) in [5.41, 5.74) is 7.31. The summed E-state index contributed by atoms with van der Waals surface area (Å²) < 4.78 is 2.18. The van der Waals surface area contributed by atoms with E-state index in [1.54, 1.807) is 0 Å². The van der Waals surface area contributed by atoms with Gasteiger partial charge in [0.15, 0.2) is 5.82 Å². The van der Waals surface area contributed by atoms with Crippen LogP contribution in [0.15, 0.2) is 24.5 Å². The normalized spacial score (nSPS) is 16.7. The van der Waals surface area contributed by atoms with Crippen LogP contribution in [-0.2, 0) is 0 Å². The topological polar surface area (TPSA) is 56.7 Å². The number of nitrogen functional groups attached to an aromatic ring is 1. The van der Waals surface area contributed by atoms with Gasteiger partial charge in [-0.3, -0.25) is 0 Å². The molecular formula is C14H17ClN4. The van der Waals surface area contributed by atoms with Gasteiger partial charge in [0.1, 0.15) is 6.33 Å². The van der Waals surface area contributed by atoms with Crippen molar-refractivity contribution in [1.29, 1.82) is 0 Å². The lowest BCUT2D eigenvalue weighted by molar-refractivity contribution is 0.355. The Morgan fingerprint density at radius 2 is 2.00 bits per heavy atom. The molecule has 5 heteroatoms. The zero-order chi connectivity index (χ0) is 13.2. The van der Waals surface area contributed by atoms with Gasteiger partial charge in [-0.05, 0) is 31.0 Å². The van der Waals surface area contributed by atoms with Crippen molar-refractivity contribution in [3.05, 3.63) is 29.5 Å². The van der Waals surface area contributed by atoms with Crippen LogP contribution in [0.1, 0.15) is 38.1 Å². The van der Waals surface area contributed by atoms with Crippen LogP contribution in [0.5, 0.6) is 0 Å².